The molecule has 0 N–H and O–H groups in total. The van der Waals surface area contributed by atoms with Crippen LogP contribution in [0.15, 0.2) is 24.3 Å². The quantitative estimate of drug-likeness (QED) is 0.665. The molecule has 0 aliphatic heterocycles. The summed E-state index contributed by atoms with van der Waals surface area (Å²) in [5.74, 6) is 0.405. The van der Waals surface area contributed by atoms with Gasteiger partial charge in [-0.2, -0.15) is 0 Å². The molecular formula is C12H16ClF. The maximum absolute atomic E-state index is 12.8. The molecular weight excluding hydrogens is 199 g/mol. The Hall–Kier alpha value is -0.560. The van der Waals surface area contributed by atoms with E-state index in [9.17, 15) is 4.39 Å². The van der Waals surface area contributed by atoms with Crippen LogP contribution in [0.25, 0.3) is 0 Å². The van der Waals surface area contributed by atoms with Crippen molar-refractivity contribution < 1.29 is 4.39 Å². The van der Waals surface area contributed by atoms with E-state index in [4.69, 9.17) is 11.6 Å². The minimum Gasteiger partial charge on any atom is -0.207 e. The van der Waals surface area contributed by atoms with Crippen LogP contribution in [0.4, 0.5) is 4.39 Å². The molecule has 14 heavy (non-hydrogen) atoms. The first kappa shape index (κ1) is 11.5. The van der Waals surface area contributed by atoms with Crippen LogP contribution in [0.3, 0.4) is 0 Å². The van der Waals surface area contributed by atoms with Crippen LogP contribution in [0, 0.1) is 11.7 Å². The minimum atomic E-state index is -0.184. The molecule has 1 rings (SSSR count). The third-order valence-corrected chi connectivity index (χ3v) is 2.41. The van der Waals surface area contributed by atoms with Gasteiger partial charge < -0.3 is 0 Å². The normalized spacial score (nSPS) is 13.2. The summed E-state index contributed by atoms with van der Waals surface area (Å²) < 4.78 is 12.8. The van der Waals surface area contributed by atoms with Crippen molar-refractivity contribution in [2.24, 2.45) is 5.92 Å². The molecule has 0 bridgehead atoms. The van der Waals surface area contributed by atoms with Crippen LogP contribution in [-0.4, -0.2) is 5.38 Å². The Kier molecular flexibility index (Phi) is 4.40. The van der Waals surface area contributed by atoms with Gasteiger partial charge in [-0.25, -0.2) is 4.39 Å². The van der Waals surface area contributed by atoms with Gasteiger partial charge in [-0.1, -0.05) is 26.0 Å². The SMILES string of the molecule is CC(C)CC(Cl)Cc1cccc(F)c1. The third-order valence-electron chi connectivity index (χ3n) is 2.07. The molecule has 0 heterocycles. The molecule has 1 aromatic carbocycles. The fourth-order valence-electron chi connectivity index (χ4n) is 1.51. The highest BCUT2D eigenvalue weighted by atomic mass is 35.5. The molecule has 0 saturated carbocycles. The predicted molar refractivity (Wildman–Crippen MR) is 59.2 cm³/mol. The average Bonchev–Trinajstić information content (AvgIpc) is 2.01. The van der Waals surface area contributed by atoms with Gasteiger partial charge in [0.2, 0.25) is 0 Å². The van der Waals surface area contributed by atoms with Crippen molar-refractivity contribution in [1.82, 2.24) is 0 Å². The van der Waals surface area contributed by atoms with Crippen molar-refractivity contribution in [2.45, 2.75) is 32.1 Å². The summed E-state index contributed by atoms with van der Waals surface area (Å²) in [4.78, 5) is 0. The van der Waals surface area contributed by atoms with Gasteiger partial charge in [0.1, 0.15) is 5.82 Å². The van der Waals surface area contributed by atoms with Crippen LogP contribution in [0.1, 0.15) is 25.8 Å². The van der Waals surface area contributed by atoms with Crippen molar-refractivity contribution in [2.75, 3.05) is 0 Å². The van der Waals surface area contributed by atoms with Crippen molar-refractivity contribution >= 4 is 11.6 Å². The highest BCUT2D eigenvalue weighted by Crippen LogP contribution is 2.16. The lowest BCUT2D eigenvalue weighted by Gasteiger charge is -2.11. The second-order valence-electron chi connectivity index (χ2n) is 4.06. The van der Waals surface area contributed by atoms with E-state index in [0.29, 0.717) is 5.92 Å². The van der Waals surface area contributed by atoms with Crippen LogP contribution < -0.4 is 0 Å². The van der Waals surface area contributed by atoms with Gasteiger partial charge in [0.15, 0.2) is 0 Å². The lowest BCUT2D eigenvalue weighted by atomic mass is 10.0. The number of rotatable bonds is 4. The summed E-state index contributed by atoms with van der Waals surface area (Å²) in [6.07, 6.45) is 1.72. The maximum atomic E-state index is 12.8. The lowest BCUT2D eigenvalue weighted by Crippen LogP contribution is -2.07. The smallest absolute Gasteiger partial charge is 0.123 e. The van der Waals surface area contributed by atoms with E-state index in [1.165, 1.54) is 6.07 Å². The first-order valence-corrected chi connectivity index (χ1v) is 5.40. The number of halogens is 2. The Labute approximate surface area is 90.1 Å². The molecule has 0 spiro atoms. The summed E-state index contributed by atoms with van der Waals surface area (Å²) in [5, 5.41) is 0.108. The summed E-state index contributed by atoms with van der Waals surface area (Å²) in [6, 6.07) is 6.65. The number of hydrogen-bond donors (Lipinski definition) is 0. The Morgan fingerprint density at radius 3 is 2.64 bits per heavy atom. The van der Waals surface area contributed by atoms with E-state index in [2.05, 4.69) is 13.8 Å². The highest BCUT2D eigenvalue weighted by Gasteiger charge is 2.08. The fraction of sp³-hybridized carbons (Fsp3) is 0.500. The van der Waals surface area contributed by atoms with Crippen molar-refractivity contribution in [3.8, 4) is 0 Å². The fourth-order valence-corrected chi connectivity index (χ4v) is 2.05. The van der Waals surface area contributed by atoms with Gasteiger partial charge in [-0.3, -0.25) is 0 Å². The second kappa shape index (κ2) is 5.35. The summed E-state index contributed by atoms with van der Waals surface area (Å²) in [5.41, 5.74) is 0.977. The molecule has 1 unspecified atom stereocenters. The average molecular weight is 215 g/mol. The first-order chi connectivity index (χ1) is 6.58. The zero-order valence-electron chi connectivity index (χ0n) is 8.63. The van der Waals surface area contributed by atoms with Crippen LogP contribution in [0.2, 0.25) is 0 Å². The zero-order valence-corrected chi connectivity index (χ0v) is 9.39. The molecule has 0 aliphatic rings. The Morgan fingerprint density at radius 2 is 2.07 bits per heavy atom. The Balaban J connectivity index is 2.51. The van der Waals surface area contributed by atoms with E-state index >= 15 is 0 Å². The molecule has 0 saturated heterocycles. The van der Waals surface area contributed by atoms with Gasteiger partial charge in [-0.05, 0) is 36.5 Å². The summed E-state index contributed by atoms with van der Waals surface area (Å²) >= 11 is 6.14. The Morgan fingerprint density at radius 1 is 1.36 bits per heavy atom. The van der Waals surface area contributed by atoms with Gasteiger partial charge >= 0.3 is 0 Å². The molecule has 0 aliphatic carbocycles. The third kappa shape index (κ3) is 4.10. The number of benzene rings is 1. The second-order valence-corrected chi connectivity index (χ2v) is 4.68. The molecule has 0 nitrogen and oxygen atoms in total. The minimum absolute atomic E-state index is 0.108. The Bertz CT molecular complexity index is 283. The molecule has 1 atom stereocenters. The number of alkyl halides is 1. The molecule has 2 heteroatoms. The lowest BCUT2D eigenvalue weighted by molar-refractivity contribution is 0.560. The van der Waals surface area contributed by atoms with E-state index in [1.807, 2.05) is 6.07 Å². The van der Waals surface area contributed by atoms with Gasteiger partial charge in [-0.15, -0.1) is 11.6 Å². The summed E-state index contributed by atoms with van der Waals surface area (Å²) in [6.45, 7) is 4.28. The van der Waals surface area contributed by atoms with Crippen molar-refractivity contribution in [3.63, 3.8) is 0 Å². The predicted octanol–water partition coefficient (Wildman–Crippen LogP) is 4.02. The zero-order chi connectivity index (χ0) is 10.6. The van der Waals surface area contributed by atoms with E-state index in [-0.39, 0.29) is 11.2 Å². The molecule has 0 fully saturated rings. The van der Waals surface area contributed by atoms with E-state index in [1.54, 1.807) is 12.1 Å². The standard InChI is InChI=1S/C12H16ClF/c1-9(2)6-11(13)7-10-4-3-5-12(14)8-10/h3-5,8-9,11H,6-7H2,1-2H3. The maximum Gasteiger partial charge on any atom is 0.123 e. The van der Waals surface area contributed by atoms with Gasteiger partial charge in [0.25, 0.3) is 0 Å². The monoisotopic (exact) mass is 214 g/mol. The molecule has 0 amide bonds. The van der Waals surface area contributed by atoms with E-state index < -0.39 is 0 Å². The van der Waals surface area contributed by atoms with Crippen LogP contribution in [0.5, 0.6) is 0 Å². The van der Waals surface area contributed by atoms with Crippen molar-refractivity contribution in [1.29, 1.82) is 0 Å². The highest BCUT2D eigenvalue weighted by molar-refractivity contribution is 6.20. The van der Waals surface area contributed by atoms with Gasteiger partial charge in [0, 0.05) is 5.38 Å². The molecule has 0 aromatic heterocycles. The van der Waals surface area contributed by atoms with Crippen molar-refractivity contribution in [3.05, 3.63) is 35.6 Å². The van der Waals surface area contributed by atoms with Gasteiger partial charge in [0.05, 0.1) is 0 Å². The first-order valence-electron chi connectivity index (χ1n) is 4.96. The van der Waals surface area contributed by atoms with Crippen LogP contribution >= 0.6 is 11.6 Å². The molecule has 0 radical (unpaired) electrons. The summed E-state index contributed by atoms with van der Waals surface area (Å²) in [7, 11) is 0. The topological polar surface area (TPSA) is 0 Å². The van der Waals surface area contributed by atoms with E-state index in [0.717, 1.165) is 18.4 Å². The molecule has 1 aromatic rings. The molecule has 78 valence electrons. The largest absolute Gasteiger partial charge is 0.207 e. The number of hydrogen-bond acceptors (Lipinski definition) is 0. The van der Waals surface area contributed by atoms with Crippen LogP contribution in [-0.2, 0) is 6.42 Å².